The quantitative estimate of drug-likeness (QED) is 0.511. The van der Waals surface area contributed by atoms with Gasteiger partial charge in [0, 0.05) is 16.7 Å². The van der Waals surface area contributed by atoms with Crippen molar-refractivity contribution in [2.24, 2.45) is 0 Å². The van der Waals surface area contributed by atoms with Crippen LogP contribution in [0.4, 0.5) is 5.69 Å². The number of hydrogen-bond acceptors (Lipinski definition) is 7. The summed E-state index contributed by atoms with van der Waals surface area (Å²) in [6, 6.07) is 12.6. The van der Waals surface area contributed by atoms with Gasteiger partial charge in [0.2, 0.25) is 5.91 Å². The lowest BCUT2D eigenvalue weighted by molar-refractivity contribution is -0.116. The molecule has 0 saturated carbocycles. The highest BCUT2D eigenvalue weighted by Crippen LogP contribution is 2.37. The molecule has 2 aromatic carbocycles. The van der Waals surface area contributed by atoms with Crippen molar-refractivity contribution >= 4 is 56.1 Å². The minimum absolute atomic E-state index is 0.00124. The van der Waals surface area contributed by atoms with Crippen LogP contribution in [0.15, 0.2) is 61.9 Å². The number of para-hydroxylation sites is 1. The van der Waals surface area contributed by atoms with Crippen LogP contribution >= 0.6 is 23.5 Å². The number of fused-ring (bicyclic) bond motifs is 2. The molecule has 30 heavy (non-hydrogen) atoms. The molecule has 3 aromatic rings. The Balaban J connectivity index is 1.51. The van der Waals surface area contributed by atoms with Crippen molar-refractivity contribution in [1.29, 1.82) is 0 Å². The van der Waals surface area contributed by atoms with Crippen LogP contribution in [-0.2, 0) is 14.6 Å². The van der Waals surface area contributed by atoms with E-state index in [-0.39, 0.29) is 22.3 Å². The summed E-state index contributed by atoms with van der Waals surface area (Å²) in [6.45, 7) is 4.46. The lowest BCUT2D eigenvalue weighted by Gasteiger charge is -2.22. The predicted molar refractivity (Wildman–Crippen MR) is 121 cm³/mol. The third kappa shape index (κ3) is 4.38. The second-order valence-electron chi connectivity index (χ2n) is 7.03. The Hall–Kier alpha value is -1.97. The minimum atomic E-state index is -3.31. The topological polar surface area (TPSA) is 80.5 Å². The van der Waals surface area contributed by atoms with Gasteiger partial charge in [0.05, 0.1) is 22.1 Å². The molecule has 0 unspecified atom stereocenters. The van der Waals surface area contributed by atoms with Crippen molar-refractivity contribution < 1.29 is 17.6 Å². The van der Waals surface area contributed by atoms with Gasteiger partial charge in [-0.2, -0.15) is 0 Å². The lowest BCUT2D eigenvalue weighted by atomic mass is 10.2. The van der Waals surface area contributed by atoms with Gasteiger partial charge in [0.1, 0.15) is 5.52 Å². The first-order valence-corrected chi connectivity index (χ1v) is 13.2. The Morgan fingerprint density at radius 2 is 2.10 bits per heavy atom. The van der Waals surface area contributed by atoms with Crippen LogP contribution in [0, 0.1) is 0 Å². The van der Waals surface area contributed by atoms with Crippen LogP contribution in [0.1, 0.15) is 20.3 Å². The van der Waals surface area contributed by atoms with Crippen LogP contribution in [-0.4, -0.2) is 42.6 Å². The zero-order valence-electron chi connectivity index (χ0n) is 16.7. The molecule has 1 aliphatic rings. The van der Waals surface area contributed by atoms with Gasteiger partial charge >= 0.3 is 0 Å². The second kappa shape index (κ2) is 8.64. The van der Waals surface area contributed by atoms with Gasteiger partial charge in [-0.1, -0.05) is 37.7 Å². The lowest BCUT2D eigenvalue weighted by Crippen LogP contribution is -2.33. The van der Waals surface area contributed by atoms with E-state index in [1.807, 2.05) is 23.1 Å². The van der Waals surface area contributed by atoms with Crippen molar-refractivity contribution in [3.63, 3.8) is 0 Å². The molecular formula is C21H22N2O4S3. The molecule has 0 radical (unpaired) electrons. The number of amides is 1. The monoisotopic (exact) mass is 462 g/mol. The summed E-state index contributed by atoms with van der Waals surface area (Å²) in [6.07, 6.45) is 0.924. The molecule has 1 amide bonds. The highest BCUT2D eigenvalue weighted by atomic mass is 32.2. The number of nitrogens with zero attached hydrogens (tertiary/aromatic N) is 2. The summed E-state index contributed by atoms with van der Waals surface area (Å²) in [5, 5.41) is 0.803. The van der Waals surface area contributed by atoms with Crippen LogP contribution in [0.25, 0.3) is 11.1 Å². The number of carbonyl (C=O) groups is 1. The van der Waals surface area contributed by atoms with E-state index in [0.717, 1.165) is 17.0 Å². The molecule has 0 fully saturated rings. The molecule has 0 spiro atoms. The zero-order valence-corrected chi connectivity index (χ0v) is 19.1. The van der Waals surface area contributed by atoms with E-state index in [1.165, 1.54) is 23.9 Å². The molecule has 9 heteroatoms. The highest BCUT2D eigenvalue weighted by molar-refractivity contribution is 8.00. The number of sulfone groups is 1. The summed E-state index contributed by atoms with van der Waals surface area (Å²) in [5.74, 6) is 0.222. The first-order valence-electron chi connectivity index (χ1n) is 9.69. The van der Waals surface area contributed by atoms with Gasteiger partial charge in [-0.05, 0) is 36.8 Å². The van der Waals surface area contributed by atoms with Crippen LogP contribution in [0.5, 0.6) is 0 Å². The molecule has 1 atom stereocenters. The van der Waals surface area contributed by atoms with Gasteiger partial charge in [-0.15, -0.1) is 11.8 Å². The molecule has 1 aliphatic heterocycles. The summed E-state index contributed by atoms with van der Waals surface area (Å²) >= 11 is 3.02. The van der Waals surface area contributed by atoms with Crippen LogP contribution in [0.3, 0.4) is 0 Å². The SMILES string of the molecule is CCS(=O)(=O)c1ccc2oc(SCC(=O)N3CC[C@H](C)Sc4ccccc43)nc2c1. The fraction of sp³-hybridized carbons (Fsp3) is 0.333. The molecule has 0 N–H and O–H groups in total. The van der Waals surface area contributed by atoms with Crippen molar-refractivity contribution in [2.75, 3.05) is 23.0 Å². The van der Waals surface area contributed by atoms with Crippen molar-refractivity contribution in [3.8, 4) is 0 Å². The Bertz CT molecular complexity index is 1190. The van der Waals surface area contributed by atoms with E-state index < -0.39 is 9.84 Å². The largest absolute Gasteiger partial charge is 0.431 e. The predicted octanol–water partition coefficient (Wildman–Crippen LogP) is 4.63. The van der Waals surface area contributed by atoms with E-state index >= 15 is 0 Å². The maximum atomic E-state index is 13.0. The fourth-order valence-corrected chi connectivity index (χ4v) is 5.98. The number of oxazole rings is 1. The van der Waals surface area contributed by atoms with Crippen molar-refractivity contribution in [2.45, 2.75) is 40.5 Å². The third-order valence-corrected chi connectivity index (χ3v) is 8.72. The Morgan fingerprint density at radius 3 is 2.90 bits per heavy atom. The maximum absolute atomic E-state index is 13.0. The Morgan fingerprint density at radius 1 is 1.30 bits per heavy atom. The third-order valence-electron chi connectivity index (χ3n) is 4.94. The zero-order chi connectivity index (χ0) is 21.3. The molecule has 0 aliphatic carbocycles. The number of rotatable bonds is 5. The number of benzene rings is 2. The summed E-state index contributed by atoms with van der Waals surface area (Å²) in [7, 11) is -3.31. The molecule has 6 nitrogen and oxygen atoms in total. The summed E-state index contributed by atoms with van der Waals surface area (Å²) < 4.78 is 29.9. The second-order valence-corrected chi connectivity index (χ2v) is 11.7. The fourth-order valence-electron chi connectivity index (χ4n) is 3.26. The Labute approximate surface area is 184 Å². The van der Waals surface area contributed by atoms with Gasteiger partial charge < -0.3 is 9.32 Å². The number of carbonyl (C=O) groups excluding carboxylic acids is 1. The Kier molecular flexibility index (Phi) is 6.13. The van der Waals surface area contributed by atoms with Gasteiger partial charge in [0.25, 0.3) is 5.22 Å². The molecule has 158 valence electrons. The van der Waals surface area contributed by atoms with Gasteiger partial charge in [-0.3, -0.25) is 4.79 Å². The standard InChI is InChI=1S/C21H22N2O4S3/c1-3-30(25,26)15-8-9-18-16(12-15)22-21(27-18)28-13-20(24)23-11-10-14(2)29-19-7-5-4-6-17(19)23/h4-9,12,14H,3,10-11,13H2,1-2H3/t14-/m0/s1. The number of aromatic nitrogens is 1. The van der Waals surface area contributed by atoms with Gasteiger partial charge in [0.15, 0.2) is 15.4 Å². The average molecular weight is 463 g/mol. The van der Waals surface area contributed by atoms with E-state index in [1.54, 1.807) is 24.8 Å². The number of anilines is 1. The van der Waals surface area contributed by atoms with E-state index in [0.29, 0.717) is 28.1 Å². The molecule has 1 aromatic heterocycles. The number of thioether (sulfide) groups is 2. The van der Waals surface area contributed by atoms with E-state index in [2.05, 4.69) is 18.0 Å². The smallest absolute Gasteiger partial charge is 0.257 e. The molecule has 4 rings (SSSR count). The first-order chi connectivity index (χ1) is 14.4. The number of hydrogen-bond donors (Lipinski definition) is 0. The van der Waals surface area contributed by atoms with Crippen LogP contribution in [0.2, 0.25) is 0 Å². The summed E-state index contributed by atoms with van der Waals surface area (Å²) in [4.78, 5) is 20.5. The highest BCUT2D eigenvalue weighted by Gasteiger charge is 2.24. The minimum Gasteiger partial charge on any atom is -0.431 e. The average Bonchev–Trinajstić information content (AvgIpc) is 3.07. The van der Waals surface area contributed by atoms with Crippen LogP contribution < -0.4 is 4.90 Å². The molecular weight excluding hydrogens is 440 g/mol. The van der Waals surface area contributed by atoms with Gasteiger partial charge in [-0.25, -0.2) is 13.4 Å². The van der Waals surface area contributed by atoms with E-state index in [9.17, 15) is 13.2 Å². The summed E-state index contributed by atoms with van der Waals surface area (Å²) in [5.41, 5.74) is 1.93. The van der Waals surface area contributed by atoms with Crippen molar-refractivity contribution in [3.05, 3.63) is 42.5 Å². The van der Waals surface area contributed by atoms with E-state index in [4.69, 9.17) is 4.42 Å². The molecule has 0 bridgehead atoms. The first kappa shape index (κ1) is 21.3. The maximum Gasteiger partial charge on any atom is 0.257 e. The van der Waals surface area contributed by atoms with Crippen molar-refractivity contribution in [1.82, 2.24) is 4.98 Å². The normalized spacial score (nSPS) is 17.0. The molecule has 0 saturated heterocycles. The molecule has 2 heterocycles.